The molecule has 0 aliphatic carbocycles. The van der Waals surface area contributed by atoms with Crippen LogP contribution in [0.1, 0.15) is 21.5 Å². The van der Waals surface area contributed by atoms with Gasteiger partial charge in [-0.3, -0.25) is 9.69 Å². The SMILES string of the molecule is Cn1ccc(C(=O)CN2Cc3ccccc3C2)c1. The number of hydrogen-bond acceptors (Lipinski definition) is 2. The van der Waals surface area contributed by atoms with Crippen LogP contribution in [0.5, 0.6) is 0 Å². The van der Waals surface area contributed by atoms with Gasteiger partial charge in [-0.1, -0.05) is 24.3 Å². The lowest BCUT2D eigenvalue weighted by Crippen LogP contribution is -2.24. The Morgan fingerprint density at radius 3 is 2.39 bits per heavy atom. The van der Waals surface area contributed by atoms with Crippen molar-refractivity contribution in [3.63, 3.8) is 0 Å². The van der Waals surface area contributed by atoms with Gasteiger partial charge < -0.3 is 4.57 Å². The zero-order valence-electron chi connectivity index (χ0n) is 10.5. The van der Waals surface area contributed by atoms with Gasteiger partial charge in [0, 0.05) is 38.1 Å². The van der Waals surface area contributed by atoms with E-state index < -0.39 is 0 Å². The molecule has 2 aromatic rings. The van der Waals surface area contributed by atoms with Crippen LogP contribution in [0.4, 0.5) is 0 Å². The number of aromatic nitrogens is 1. The van der Waals surface area contributed by atoms with Crippen molar-refractivity contribution in [1.29, 1.82) is 0 Å². The second kappa shape index (κ2) is 4.42. The van der Waals surface area contributed by atoms with Crippen LogP contribution < -0.4 is 0 Å². The number of benzene rings is 1. The van der Waals surface area contributed by atoms with Gasteiger partial charge in [0.25, 0.3) is 0 Å². The standard InChI is InChI=1S/C15H16N2O/c1-16-7-6-14(8-16)15(18)11-17-9-12-4-2-3-5-13(12)10-17/h2-8H,9-11H2,1H3. The average Bonchev–Trinajstić information content (AvgIpc) is 2.94. The quantitative estimate of drug-likeness (QED) is 0.769. The number of nitrogens with zero attached hydrogens (tertiary/aromatic N) is 2. The molecule has 1 aliphatic rings. The largest absolute Gasteiger partial charge is 0.357 e. The third kappa shape index (κ3) is 2.09. The maximum Gasteiger partial charge on any atom is 0.178 e. The topological polar surface area (TPSA) is 25.2 Å². The fourth-order valence-corrected chi connectivity index (χ4v) is 2.48. The van der Waals surface area contributed by atoms with Gasteiger partial charge in [0.15, 0.2) is 5.78 Å². The highest BCUT2D eigenvalue weighted by molar-refractivity contribution is 5.97. The van der Waals surface area contributed by atoms with Gasteiger partial charge in [0.2, 0.25) is 0 Å². The number of carbonyl (C=O) groups is 1. The van der Waals surface area contributed by atoms with Gasteiger partial charge >= 0.3 is 0 Å². The lowest BCUT2D eigenvalue weighted by molar-refractivity contribution is 0.0929. The van der Waals surface area contributed by atoms with Gasteiger partial charge in [-0.2, -0.15) is 0 Å². The summed E-state index contributed by atoms with van der Waals surface area (Å²) in [5.41, 5.74) is 3.49. The Morgan fingerprint density at radius 2 is 1.83 bits per heavy atom. The second-order valence-corrected chi connectivity index (χ2v) is 4.90. The van der Waals surface area contributed by atoms with Crippen LogP contribution in [0.2, 0.25) is 0 Å². The van der Waals surface area contributed by atoms with Crippen molar-refractivity contribution in [2.24, 2.45) is 7.05 Å². The van der Waals surface area contributed by atoms with Crippen LogP contribution in [0.3, 0.4) is 0 Å². The van der Waals surface area contributed by atoms with E-state index in [1.807, 2.05) is 30.1 Å². The van der Waals surface area contributed by atoms with Crippen LogP contribution in [-0.2, 0) is 20.1 Å². The Balaban J connectivity index is 1.68. The van der Waals surface area contributed by atoms with Crippen molar-refractivity contribution < 1.29 is 4.79 Å². The van der Waals surface area contributed by atoms with E-state index in [9.17, 15) is 4.79 Å². The van der Waals surface area contributed by atoms with Crippen molar-refractivity contribution in [2.75, 3.05) is 6.54 Å². The normalized spacial score (nSPS) is 14.7. The summed E-state index contributed by atoms with van der Waals surface area (Å²) in [6, 6.07) is 10.3. The highest BCUT2D eigenvalue weighted by atomic mass is 16.1. The summed E-state index contributed by atoms with van der Waals surface area (Å²) in [7, 11) is 1.93. The van der Waals surface area contributed by atoms with E-state index in [0.29, 0.717) is 6.54 Å². The van der Waals surface area contributed by atoms with Gasteiger partial charge in [-0.15, -0.1) is 0 Å². The van der Waals surface area contributed by atoms with Gasteiger partial charge in [0.05, 0.1) is 6.54 Å². The number of fused-ring (bicyclic) bond motifs is 1. The highest BCUT2D eigenvalue weighted by Gasteiger charge is 2.21. The molecule has 3 heteroatoms. The van der Waals surface area contributed by atoms with Crippen LogP contribution >= 0.6 is 0 Å². The monoisotopic (exact) mass is 240 g/mol. The summed E-state index contributed by atoms with van der Waals surface area (Å²) in [5.74, 6) is 0.198. The molecule has 1 aromatic carbocycles. The van der Waals surface area contributed by atoms with Crippen LogP contribution in [0, 0.1) is 0 Å². The minimum absolute atomic E-state index is 0.198. The maximum absolute atomic E-state index is 12.1. The number of carbonyl (C=O) groups excluding carboxylic acids is 1. The van der Waals surface area contributed by atoms with E-state index in [4.69, 9.17) is 0 Å². The number of ketones is 1. The first kappa shape index (κ1) is 11.2. The number of aryl methyl sites for hydroxylation is 1. The Kier molecular flexibility index (Phi) is 2.76. The molecule has 2 heterocycles. The Morgan fingerprint density at radius 1 is 1.17 bits per heavy atom. The average molecular weight is 240 g/mol. The van der Waals surface area contributed by atoms with E-state index in [0.717, 1.165) is 18.7 Å². The fourth-order valence-electron chi connectivity index (χ4n) is 2.48. The van der Waals surface area contributed by atoms with Crippen molar-refractivity contribution in [3.8, 4) is 0 Å². The Hall–Kier alpha value is -1.87. The minimum atomic E-state index is 0.198. The Labute approximate surface area is 107 Å². The summed E-state index contributed by atoms with van der Waals surface area (Å²) >= 11 is 0. The molecule has 0 atom stereocenters. The fraction of sp³-hybridized carbons (Fsp3) is 0.267. The summed E-state index contributed by atoms with van der Waals surface area (Å²) in [5, 5.41) is 0. The lowest BCUT2D eigenvalue weighted by atomic mass is 10.1. The summed E-state index contributed by atoms with van der Waals surface area (Å²) < 4.78 is 1.91. The molecule has 0 saturated heterocycles. The predicted octanol–water partition coefficient (Wildman–Crippen LogP) is 2.22. The molecule has 92 valence electrons. The molecule has 0 spiro atoms. The summed E-state index contributed by atoms with van der Waals surface area (Å²) in [6.45, 7) is 2.27. The van der Waals surface area contributed by atoms with Crippen molar-refractivity contribution in [1.82, 2.24) is 9.47 Å². The van der Waals surface area contributed by atoms with Gasteiger partial charge in [-0.05, 0) is 17.2 Å². The molecule has 3 rings (SSSR count). The molecular formula is C15H16N2O. The van der Waals surface area contributed by atoms with E-state index in [1.165, 1.54) is 11.1 Å². The van der Waals surface area contributed by atoms with Crippen LogP contribution in [0.25, 0.3) is 0 Å². The smallest absolute Gasteiger partial charge is 0.178 e. The highest BCUT2D eigenvalue weighted by Crippen LogP contribution is 2.22. The van der Waals surface area contributed by atoms with E-state index >= 15 is 0 Å². The zero-order valence-corrected chi connectivity index (χ0v) is 10.5. The van der Waals surface area contributed by atoms with E-state index in [1.54, 1.807) is 0 Å². The zero-order chi connectivity index (χ0) is 12.5. The van der Waals surface area contributed by atoms with Gasteiger partial charge in [0.1, 0.15) is 0 Å². The third-order valence-electron chi connectivity index (χ3n) is 3.43. The van der Waals surface area contributed by atoms with Crippen molar-refractivity contribution in [2.45, 2.75) is 13.1 Å². The second-order valence-electron chi connectivity index (χ2n) is 4.90. The van der Waals surface area contributed by atoms with Crippen LogP contribution in [-0.4, -0.2) is 21.8 Å². The van der Waals surface area contributed by atoms with Crippen LogP contribution in [0.15, 0.2) is 42.7 Å². The number of hydrogen-bond donors (Lipinski definition) is 0. The first-order chi connectivity index (χ1) is 8.72. The molecule has 0 unspecified atom stereocenters. The number of Topliss-reactive ketones (excluding diaryl/α,β-unsaturated/α-hetero) is 1. The first-order valence-electron chi connectivity index (χ1n) is 6.17. The van der Waals surface area contributed by atoms with E-state index in [-0.39, 0.29) is 5.78 Å². The molecule has 1 aliphatic heterocycles. The molecule has 3 nitrogen and oxygen atoms in total. The van der Waals surface area contributed by atoms with Gasteiger partial charge in [-0.25, -0.2) is 0 Å². The molecule has 1 aromatic heterocycles. The predicted molar refractivity (Wildman–Crippen MR) is 70.3 cm³/mol. The van der Waals surface area contributed by atoms with E-state index in [2.05, 4.69) is 29.2 Å². The molecule has 0 fully saturated rings. The maximum atomic E-state index is 12.1. The summed E-state index contributed by atoms with van der Waals surface area (Å²) in [6.07, 6.45) is 3.79. The molecule has 0 bridgehead atoms. The molecule has 0 amide bonds. The molecule has 18 heavy (non-hydrogen) atoms. The summed E-state index contributed by atoms with van der Waals surface area (Å²) in [4.78, 5) is 14.3. The van der Waals surface area contributed by atoms with Crippen molar-refractivity contribution >= 4 is 5.78 Å². The Bertz CT molecular complexity index is 561. The minimum Gasteiger partial charge on any atom is -0.357 e. The third-order valence-corrected chi connectivity index (χ3v) is 3.43. The molecule has 0 saturated carbocycles. The molecule has 0 N–H and O–H groups in total. The van der Waals surface area contributed by atoms with Crippen molar-refractivity contribution in [3.05, 3.63) is 59.4 Å². The molecular weight excluding hydrogens is 224 g/mol. The molecule has 0 radical (unpaired) electrons. The first-order valence-corrected chi connectivity index (χ1v) is 6.17. The number of rotatable bonds is 3. The lowest BCUT2D eigenvalue weighted by Gasteiger charge is -2.12.